The van der Waals surface area contributed by atoms with Gasteiger partial charge in [-0.3, -0.25) is 0 Å². The van der Waals surface area contributed by atoms with Gasteiger partial charge in [-0.05, 0) is 77.4 Å². The minimum Gasteiger partial charge on any atom is -0.408 e. The maximum atomic E-state index is 11.5. The summed E-state index contributed by atoms with van der Waals surface area (Å²) < 4.78 is 37.6. The first kappa shape index (κ1) is 37.8. The molecule has 0 aromatic carbocycles. The Labute approximate surface area is 268 Å². The van der Waals surface area contributed by atoms with Crippen molar-refractivity contribution >= 4 is 53.8 Å². The van der Waals surface area contributed by atoms with Gasteiger partial charge in [0.2, 0.25) is 0 Å². The Morgan fingerprint density at radius 3 is 1.71 bits per heavy atom. The van der Waals surface area contributed by atoms with E-state index < -0.39 is 25.0 Å². The third-order valence-corrected chi connectivity index (χ3v) is 24.3. The molecule has 2 heterocycles. The van der Waals surface area contributed by atoms with Crippen LogP contribution in [0, 0.1) is 0 Å². The standard InChI is InChI=1S/C31H61IO6Si3/c1-29(2,3)39(10,11)36-24(18-20-32)26-28(38-41(14,15)31(7,8)9)27(37-40(12,13)30(4,5)6)25-23(35-26)17-16-22(34-25)19-21-33/h18,20-28H,16-17,19H2,1-15H3/b20-18+/t22-,23+,24+,25+,26+,27+,28-/m1/s1. The third-order valence-electron chi connectivity index (χ3n) is 10.4. The second kappa shape index (κ2) is 13.5. The van der Waals surface area contributed by atoms with Gasteiger partial charge in [-0.1, -0.05) is 84.9 Å². The summed E-state index contributed by atoms with van der Waals surface area (Å²) in [5, 5.41) is 0.0521. The second-order valence-electron chi connectivity index (χ2n) is 16.7. The predicted molar refractivity (Wildman–Crippen MR) is 187 cm³/mol. The molecule has 0 unspecified atom stereocenters. The number of hydrogen-bond donors (Lipinski definition) is 0. The van der Waals surface area contributed by atoms with Crippen molar-refractivity contribution < 1.29 is 27.5 Å². The molecule has 6 nitrogen and oxygen atoms in total. The largest absolute Gasteiger partial charge is 0.408 e. The topological polar surface area (TPSA) is 63.2 Å². The van der Waals surface area contributed by atoms with E-state index in [-0.39, 0.29) is 57.8 Å². The first-order valence-electron chi connectivity index (χ1n) is 15.4. The van der Waals surface area contributed by atoms with Crippen molar-refractivity contribution in [2.24, 2.45) is 0 Å². The van der Waals surface area contributed by atoms with Crippen molar-refractivity contribution in [3.63, 3.8) is 0 Å². The maximum absolute atomic E-state index is 11.5. The number of rotatable bonds is 10. The van der Waals surface area contributed by atoms with Gasteiger partial charge >= 0.3 is 0 Å². The molecular weight excluding hydrogens is 679 g/mol. The predicted octanol–water partition coefficient (Wildman–Crippen LogP) is 9.01. The number of carbonyl (C=O) groups excluding carboxylic acids is 1. The monoisotopic (exact) mass is 740 g/mol. The SMILES string of the molecule is CC(C)(C)[Si](C)(C)O[C@@H]1[C@H](O[Si](C)(C)C(C)(C)C)[C@H]([C@H](/C=C/I)O[Si](C)(C)C(C)(C)C)O[C@H]2CC[C@H](CC=O)O[C@H]12. The molecule has 0 saturated carbocycles. The Morgan fingerprint density at radius 2 is 1.27 bits per heavy atom. The van der Waals surface area contributed by atoms with Gasteiger partial charge in [-0.15, -0.1) is 0 Å². The van der Waals surface area contributed by atoms with Crippen LogP contribution in [0.5, 0.6) is 0 Å². The Morgan fingerprint density at radius 1 is 0.780 bits per heavy atom. The molecule has 2 fully saturated rings. The number of fused-ring (bicyclic) bond motifs is 1. The molecule has 0 aliphatic carbocycles. The lowest BCUT2D eigenvalue weighted by Gasteiger charge is -2.56. The van der Waals surface area contributed by atoms with Crippen molar-refractivity contribution in [2.45, 2.75) is 179 Å². The molecule has 2 aliphatic heterocycles. The van der Waals surface area contributed by atoms with Crippen LogP contribution in [0.2, 0.25) is 54.4 Å². The zero-order valence-corrected chi connectivity index (χ0v) is 33.9. The summed E-state index contributed by atoms with van der Waals surface area (Å²) in [4.78, 5) is 11.5. The van der Waals surface area contributed by atoms with E-state index in [0.717, 1.165) is 19.1 Å². The summed E-state index contributed by atoms with van der Waals surface area (Å²) in [6.45, 7) is 34.3. The van der Waals surface area contributed by atoms with Crippen LogP contribution in [-0.2, 0) is 27.5 Å². The molecule has 0 bridgehead atoms. The van der Waals surface area contributed by atoms with Gasteiger partial charge in [0, 0.05) is 6.42 Å². The smallest absolute Gasteiger partial charge is 0.193 e. The van der Waals surface area contributed by atoms with Crippen molar-refractivity contribution in [1.29, 1.82) is 0 Å². The van der Waals surface area contributed by atoms with Crippen molar-refractivity contribution in [3.05, 3.63) is 10.2 Å². The first-order valence-corrected chi connectivity index (χ1v) is 25.4. The van der Waals surface area contributed by atoms with Gasteiger partial charge in [0.25, 0.3) is 0 Å². The average Bonchev–Trinajstić information content (AvgIpc) is 2.78. The quantitative estimate of drug-likeness (QED) is 0.127. The van der Waals surface area contributed by atoms with Crippen LogP contribution in [-0.4, -0.2) is 74.0 Å². The fourth-order valence-electron chi connectivity index (χ4n) is 4.63. The normalized spacial score (nSPS) is 29.9. The van der Waals surface area contributed by atoms with E-state index >= 15 is 0 Å². The summed E-state index contributed by atoms with van der Waals surface area (Å²) in [5.41, 5.74) is 0. The lowest BCUT2D eigenvalue weighted by molar-refractivity contribution is -0.266. The van der Waals surface area contributed by atoms with Gasteiger partial charge in [-0.25, -0.2) is 0 Å². The zero-order chi connectivity index (χ0) is 31.8. The molecule has 0 radical (unpaired) electrons. The molecule has 0 aromatic heterocycles. The molecule has 7 atom stereocenters. The van der Waals surface area contributed by atoms with Gasteiger partial charge in [-0.2, -0.15) is 0 Å². The Balaban J connectivity index is 2.73. The molecule has 0 spiro atoms. The average molecular weight is 741 g/mol. The maximum Gasteiger partial charge on any atom is 0.193 e. The zero-order valence-electron chi connectivity index (χ0n) is 28.7. The fraction of sp³-hybridized carbons (Fsp3) is 0.903. The summed E-state index contributed by atoms with van der Waals surface area (Å²) >= 11 is 2.29. The summed E-state index contributed by atoms with van der Waals surface area (Å²) in [6.07, 6.45) is 3.25. The lowest BCUT2D eigenvalue weighted by atomic mass is 9.87. The van der Waals surface area contributed by atoms with Crippen LogP contribution in [0.25, 0.3) is 0 Å². The molecule has 41 heavy (non-hydrogen) atoms. The summed E-state index contributed by atoms with van der Waals surface area (Å²) in [5.74, 6) is 0. The third kappa shape index (κ3) is 9.08. The molecule has 10 heteroatoms. The van der Waals surface area contributed by atoms with Crippen LogP contribution < -0.4 is 0 Å². The van der Waals surface area contributed by atoms with Crippen LogP contribution in [0.3, 0.4) is 0 Å². The first-order chi connectivity index (χ1) is 18.4. The molecule has 0 amide bonds. The van der Waals surface area contributed by atoms with Crippen LogP contribution >= 0.6 is 22.6 Å². The van der Waals surface area contributed by atoms with Crippen LogP contribution in [0.1, 0.15) is 81.6 Å². The number of aldehydes is 1. The number of hydrogen-bond acceptors (Lipinski definition) is 6. The highest BCUT2D eigenvalue weighted by atomic mass is 127. The highest BCUT2D eigenvalue weighted by Crippen LogP contribution is 2.47. The van der Waals surface area contributed by atoms with Crippen LogP contribution in [0.4, 0.5) is 0 Å². The van der Waals surface area contributed by atoms with E-state index in [4.69, 9.17) is 22.8 Å². The number of ether oxygens (including phenoxy) is 2. The summed E-state index contributed by atoms with van der Waals surface area (Å²) in [6, 6.07) is 0. The Kier molecular flexibility index (Phi) is 12.5. The lowest BCUT2D eigenvalue weighted by Crippen LogP contribution is -2.69. The van der Waals surface area contributed by atoms with E-state index in [2.05, 4.69) is 134 Å². The van der Waals surface area contributed by atoms with E-state index in [1.807, 2.05) is 0 Å². The Bertz CT molecular complexity index is 903. The fourth-order valence-corrected chi connectivity index (χ4v) is 8.89. The van der Waals surface area contributed by atoms with E-state index in [0.29, 0.717) is 6.42 Å². The number of halogens is 1. The van der Waals surface area contributed by atoms with Gasteiger partial charge in [0.15, 0.2) is 25.0 Å². The van der Waals surface area contributed by atoms with Crippen molar-refractivity contribution in [2.75, 3.05) is 0 Å². The Hall–Kier alpha value is 0.591. The number of carbonyl (C=O) groups is 1. The van der Waals surface area contributed by atoms with Gasteiger partial charge in [0.05, 0.1) is 18.3 Å². The molecule has 2 saturated heterocycles. The molecule has 0 aromatic rings. The van der Waals surface area contributed by atoms with E-state index in [9.17, 15) is 4.79 Å². The second-order valence-corrected chi connectivity index (χ2v) is 31.7. The van der Waals surface area contributed by atoms with Gasteiger partial charge < -0.3 is 27.5 Å². The van der Waals surface area contributed by atoms with Gasteiger partial charge in [0.1, 0.15) is 30.7 Å². The molecule has 240 valence electrons. The highest BCUT2D eigenvalue weighted by molar-refractivity contribution is 14.1. The molecule has 2 aliphatic rings. The minimum atomic E-state index is -2.28. The van der Waals surface area contributed by atoms with E-state index in [1.54, 1.807) is 0 Å². The van der Waals surface area contributed by atoms with Crippen LogP contribution in [0.15, 0.2) is 10.2 Å². The van der Waals surface area contributed by atoms with E-state index in [1.165, 1.54) is 0 Å². The summed E-state index contributed by atoms with van der Waals surface area (Å²) in [7, 11) is -6.69. The molecular formula is C31H61IO6Si3. The molecule has 0 N–H and O–H groups in total. The van der Waals surface area contributed by atoms with Crippen molar-refractivity contribution in [1.82, 2.24) is 0 Å². The minimum absolute atomic E-state index is 0.00170. The highest BCUT2D eigenvalue weighted by Gasteiger charge is 2.57. The van der Waals surface area contributed by atoms with Crippen molar-refractivity contribution in [3.8, 4) is 0 Å². The molecule has 2 rings (SSSR count).